The second kappa shape index (κ2) is 16.9. The first-order valence-electron chi connectivity index (χ1n) is 23.6. The number of para-hydroxylation sites is 7. The average Bonchev–Trinajstić information content (AvgIpc) is 3.98. The molecule has 0 saturated heterocycles. The molecular formula is C66H44N2O. The highest BCUT2D eigenvalue weighted by Gasteiger charge is 2.23. The maximum absolute atomic E-state index is 6.67. The van der Waals surface area contributed by atoms with Crippen molar-refractivity contribution in [3.63, 3.8) is 0 Å². The fourth-order valence-corrected chi connectivity index (χ4v) is 10.4. The van der Waals surface area contributed by atoms with Gasteiger partial charge in [-0.05, 0) is 88.0 Å². The largest absolute Gasteiger partial charge is 0.455 e. The van der Waals surface area contributed by atoms with Crippen LogP contribution in [0.15, 0.2) is 271 Å². The molecule has 324 valence electrons. The zero-order chi connectivity index (χ0) is 45.7. The van der Waals surface area contributed by atoms with E-state index in [0.717, 1.165) is 78.1 Å². The van der Waals surface area contributed by atoms with Crippen molar-refractivity contribution in [3.8, 4) is 61.3 Å². The molecule has 0 amide bonds. The van der Waals surface area contributed by atoms with Crippen molar-refractivity contribution in [1.82, 2.24) is 4.57 Å². The van der Waals surface area contributed by atoms with Gasteiger partial charge in [-0.1, -0.05) is 212 Å². The van der Waals surface area contributed by atoms with Crippen molar-refractivity contribution < 1.29 is 4.42 Å². The van der Waals surface area contributed by atoms with Crippen LogP contribution >= 0.6 is 0 Å². The van der Waals surface area contributed by atoms with Gasteiger partial charge < -0.3 is 13.9 Å². The normalized spacial score (nSPS) is 11.5. The van der Waals surface area contributed by atoms with Crippen molar-refractivity contribution in [2.75, 3.05) is 4.90 Å². The van der Waals surface area contributed by atoms with E-state index in [1.54, 1.807) is 0 Å². The van der Waals surface area contributed by atoms with E-state index in [0.29, 0.717) is 0 Å². The quantitative estimate of drug-likeness (QED) is 0.144. The van der Waals surface area contributed by atoms with Gasteiger partial charge in [-0.25, -0.2) is 0 Å². The topological polar surface area (TPSA) is 21.3 Å². The van der Waals surface area contributed by atoms with Gasteiger partial charge in [0.25, 0.3) is 0 Å². The number of furan rings is 1. The number of anilines is 3. The second-order valence-electron chi connectivity index (χ2n) is 17.6. The van der Waals surface area contributed by atoms with Crippen molar-refractivity contribution in [3.05, 3.63) is 267 Å². The SMILES string of the molecule is c1ccc(-c2cccc(-c3ccccc3N(c3ccc(-c4ccc(-c5ccccc5-n5c6ccccc6c6ccccc65)cc4)cc3)c3ccccc3-c3cccc4c3oc3ccccc34)c2)cc1. The predicted octanol–water partition coefficient (Wildman–Crippen LogP) is 18.5. The molecule has 0 unspecified atom stereocenters. The van der Waals surface area contributed by atoms with Crippen LogP contribution in [0.3, 0.4) is 0 Å². The van der Waals surface area contributed by atoms with Crippen LogP contribution in [0.25, 0.3) is 105 Å². The molecule has 0 aliphatic carbocycles. The minimum absolute atomic E-state index is 0.881. The molecule has 0 aliphatic heterocycles. The lowest BCUT2D eigenvalue weighted by molar-refractivity contribution is 0.670. The van der Waals surface area contributed by atoms with Gasteiger partial charge >= 0.3 is 0 Å². The molecule has 13 aromatic rings. The van der Waals surface area contributed by atoms with Gasteiger partial charge in [0, 0.05) is 49.5 Å². The number of fused-ring (bicyclic) bond motifs is 6. The first kappa shape index (κ1) is 40.1. The third kappa shape index (κ3) is 6.99. The molecular weight excluding hydrogens is 837 g/mol. The van der Waals surface area contributed by atoms with E-state index < -0.39 is 0 Å². The zero-order valence-electron chi connectivity index (χ0n) is 37.7. The van der Waals surface area contributed by atoms with E-state index in [4.69, 9.17) is 4.42 Å². The minimum atomic E-state index is 0.881. The molecule has 0 fully saturated rings. The van der Waals surface area contributed by atoms with E-state index in [9.17, 15) is 0 Å². The van der Waals surface area contributed by atoms with Crippen LogP contribution in [-0.4, -0.2) is 4.57 Å². The lowest BCUT2D eigenvalue weighted by atomic mass is 9.95. The molecule has 13 rings (SSSR count). The summed E-state index contributed by atoms with van der Waals surface area (Å²) < 4.78 is 9.08. The summed E-state index contributed by atoms with van der Waals surface area (Å²) in [6, 6.07) is 96.0. The van der Waals surface area contributed by atoms with Crippen LogP contribution in [0, 0.1) is 0 Å². The Labute approximate surface area is 401 Å². The number of hydrogen-bond acceptors (Lipinski definition) is 2. The van der Waals surface area contributed by atoms with E-state index in [-0.39, 0.29) is 0 Å². The highest BCUT2D eigenvalue weighted by atomic mass is 16.3. The number of hydrogen-bond donors (Lipinski definition) is 0. The fourth-order valence-electron chi connectivity index (χ4n) is 10.4. The van der Waals surface area contributed by atoms with Crippen LogP contribution in [0.5, 0.6) is 0 Å². The van der Waals surface area contributed by atoms with Crippen LogP contribution in [0.4, 0.5) is 17.1 Å². The molecule has 2 heterocycles. The Morgan fingerprint density at radius 1 is 0.290 bits per heavy atom. The Kier molecular flexibility index (Phi) is 9.84. The smallest absolute Gasteiger partial charge is 0.143 e. The predicted molar refractivity (Wildman–Crippen MR) is 290 cm³/mol. The molecule has 0 N–H and O–H groups in total. The Bertz CT molecular complexity index is 3960. The molecule has 3 heteroatoms. The first-order chi connectivity index (χ1) is 34.2. The van der Waals surface area contributed by atoms with Crippen molar-refractivity contribution in [1.29, 1.82) is 0 Å². The molecule has 11 aromatic carbocycles. The minimum Gasteiger partial charge on any atom is -0.455 e. The van der Waals surface area contributed by atoms with E-state index in [2.05, 4.69) is 270 Å². The molecule has 0 atom stereocenters. The molecule has 3 nitrogen and oxygen atoms in total. The standard InChI is InChI=1S/C66H44N2O/c1-2-18-45(19-3-1)49-20-16-21-50(44-49)53-23-5-10-30-60(53)67(62-32-12-8-26-56(62)58-28-17-29-59-57-27-9-15-35-65(57)69-66(58)59)51-42-40-47(41-43-51)46-36-38-48(39-37-46)52-22-4-11-31-61(52)68-63-33-13-6-24-54(63)55-25-7-14-34-64(55)68/h1-44H. The fraction of sp³-hybridized carbons (Fsp3) is 0. The Balaban J connectivity index is 0.920. The highest BCUT2D eigenvalue weighted by molar-refractivity contribution is 6.12. The molecule has 69 heavy (non-hydrogen) atoms. The summed E-state index contributed by atoms with van der Waals surface area (Å²) in [5.74, 6) is 0. The van der Waals surface area contributed by atoms with Gasteiger partial charge in [0.1, 0.15) is 11.2 Å². The van der Waals surface area contributed by atoms with Crippen molar-refractivity contribution in [2.24, 2.45) is 0 Å². The van der Waals surface area contributed by atoms with Crippen LogP contribution in [-0.2, 0) is 0 Å². The van der Waals surface area contributed by atoms with E-state index in [1.807, 2.05) is 6.07 Å². The summed E-state index contributed by atoms with van der Waals surface area (Å²) in [6.45, 7) is 0. The van der Waals surface area contributed by atoms with Crippen LogP contribution in [0.2, 0.25) is 0 Å². The average molecular weight is 881 g/mol. The van der Waals surface area contributed by atoms with Gasteiger partial charge in [0.2, 0.25) is 0 Å². The summed E-state index contributed by atoms with van der Waals surface area (Å²) in [4.78, 5) is 2.42. The Hall–Kier alpha value is -9.18. The lowest BCUT2D eigenvalue weighted by Crippen LogP contribution is -2.12. The summed E-state index contributed by atoms with van der Waals surface area (Å²) in [7, 11) is 0. The third-order valence-corrected chi connectivity index (χ3v) is 13.6. The molecule has 0 bridgehead atoms. The monoisotopic (exact) mass is 880 g/mol. The Morgan fingerprint density at radius 2 is 0.768 bits per heavy atom. The van der Waals surface area contributed by atoms with Crippen molar-refractivity contribution >= 4 is 60.8 Å². The van der Waals surface area contributed by atoms with Gasteiger partial charge in [0.15, 0.2) is 0 Å². The number of benzene rings is 11. The summed E-state index contributed by atoms with van der Waals surface area (Å²) in [5.41, 5.74) is 19.9. The van der Waals surface area contributed by atoms with E-state index in [1.165, 1.54) is 44.1 Å². The summed E-state index contributed by atoms with van der Waals surface area (Å²) >= 11 is 0. The third-order valence-electron chi connectivity index (χ3n) is 13.6. The molecule has 2 aromatic heterocycles. The Morgan fingerprint density at radius 3 is 1.51 bits per heavy atom. The lowest BCUT2D eigenvalue weighted by Gasteiger charge is -2.30. The first-order valence-corrected chi connectivity index (χ1v) is 23.6. The maximum Gasteiger partial charge on any atom is 0.143 e. The number of aromatic nitrogens is 1. The van der Waals surface area contributed by atoms with Gasteiger partial charge in [-0.15, -0.1) is 0 Å². The molecule has 0 spiro atoms. The van der Waals surface area contributed by atoms with Gasteiger partial charge in [0.05, 0.1) is 28.1 Å². The summed E-state index contributed by atoms with van der Waals surface area (Å²) in [6.07, 6.45) is 0. The van der Waals surface area contributed by atoms with Crippen molar-refractivity contribution in [2.45, 2.75) is 0 Å². The zero-order valence-corrected chi connectivity index (χ0v) is 37.7. The molecule has 0 aliphatic rings. The molecule has 0 saturated carbocycles. The maximum atomic E-state index is 6.67. The number of rotatable bonds is 9. The number of nitrogens with zero attached hydrogens (tertiary/aromatic N) is 2. The van der Waals surface area contributed by atoms with E-state index >= 15 is 0 Å². The van der Waals surface area contributed by atoms with Crippen LogP contribution < -0.4 is 4.90 Å². The summed E-state index contributed by atoms with van der Waals surface area (Å²) in [5, 5.41) is 4.73. The van der Waals surface area contributed by atoms with Gasteiger partial charge in [-0.3, -0.25) is 0 Å². The highest BCUT2D eigenvalue weighted by Crippen LogP contribution is 2.47. The van der Waals surface area contributed by atoms with Crippen LogP contribution in [0.1, 0.15) is 0 Å². The van der Waals surface area contributed by atoms with Gasteiger partial charge in [-0.2, -0.15) is 0 Å². The second-order valence-corrected chi connectivity index (χ2v) is 17.6. The molecule has 0 radical (unpaired) electrons.